The molecule has 2 aromatic heterocycles. The number of carboxylic acid groups (broad SMARTS) is 1. The maximum Gasteiger partial charge on any atom is 0.490 e. The molecule has 2 aliphatic rings. The third kappa shape index (κ3) is 5.62. The summed E-state index contributed by atoms with van der Waals surface area (Å²) in [4.78, 5) is 24.6. The van der Waals surface area contributed by atoms with Gasteiger partial charge < -0.3 is 20.3 Å². The number of aromatic nitrogens is 3. The number of hydrogen-bond donors (Lipinski definition) is 3. The van der Waals surface area contributed by atoms with E-state index in [-0.39, 0.29) is 12.1 Å². The number of anilines is 1. The van der Waals surface area contributed by atoms with Crippen LogP contribution in [0.15, 0.2) is 30.5 Å². The maximum atomic E-state index is 10.6. The van der Waals surface area contributed by atoms with E-state index >= 15 is 0 Å². The molecule has 12 heteroatoms. The molecule has 1 saturated carbocycles. The van der Waals surface area contributed by atoms with Gasteiger partial charge in [-0.15, -0.1) is 0 Å². The largest absolute Gasteiger partial charge is 0.490 e. The van der Waals surface area contributed by atoms with Crippen LogP contribution in [0.2, 0.25) is 0 Å². The van der Waals surface area contributed by atoms with E-state index in [1.54, 1.807) is 6.20 Å². The minimum absolute atomic E-state index is 0.0371. The lowest BCUT2D eigenvalue weighted by Crippen LogP contribution is -2.72. The van der Waals surface area contributed by atoms with Gasteiger partial charge in [0.2, 0.25) is 0 Å². The monoisotopic (exact) mass is 483 g/mol. The third-order valence-corrected chi connectivity index (χ3v) is 6.35. The number of alkyl halides is 3. The second-order valence-corrected chi connectivity index (χ2v) is 8.57. The van der Waals surface area contributed by atoms with E-state index in [4.69, 9.17) is 14.6 Å². The zero-order valence-corrected chi connectivity index (χ0v) is 19.0. The van der Waals surface area contributed by atoms with Gasteiger partial charge in [0.05, 0.1) is 36.7 Å². The van der Waals surface area contributed by atoms with E-state index in [1.165, 1.54) is 6.42 Å². The van der Waals surface area contributed by atoms with Crippen molar-refractivity contribution in [3.63, 3.8) is 0 Å². The Morgan fingerprint density at radius 1 is 1.24 bits per heavy atom. The van der Waals surface area contributed by atoms with Gasteiger partial charge in [-0.2, -0.15) is 13.2 Å². The Balaban J connectivity index is 0.000000406. The first-order valence-electron chi connectivity index (χ1n) is 10.7. The average molecular weight is 483 g/mol. The Morgan fingerprint density at radius 3 is 2.47 bits per heavy atom. The Kier molecular flexibility index (Phi) is 7.74. The summed E-state index contributed by atoms with van der Waals surface area (Å²) in [6, 6.07) is 7.67. The number of aryl methyl sites for hydroxylation is 1. The van der Waals surface area contributed by atoms with E-state index in [2.05, 4.69) is 32.2 Å². The molecule has 1 aliphatic carbocycles. The molecule has 2 fully saturated rings. The van der Waals surface area contributed by atoms with Gasteiger partial charge in [0.1, 0.15) is 11.6 Å². The lowest BCUT2D eigenvalue weighted by molar-refractivity contribution is -0.192. The highest BCUT2D eigenvalue weighted by atomic mass is 19.4. The Morgan fingerprint density at radius 2 is 1.94 bits per heavy atom. The number of morpholine rings is 1. The molecular weight excluding hydrogens is 455 g/mol. The lowest BCUT2D eigenvalue weighted by Gasteiger charge is -2.59. The van der Waals surface area contributed by atoms with Crippen LogP contribution in [0.5, 0.6) is 0 Å². The molecule has 0 amide bonds. The minimum atomic E-state index is -5.08. The van der Waals surface area contributed by atoms with E-state index in [1.807, 2.05) is 31.2 Å². The summed E-state index contributed by atoms with van der Waals surface area (Å²) in [5.41, 5.74) is 1.22. The maximum absolute atomic E-state index is 10.6. The molecule has 9 nitrogen and oxygen atoms in total. The zero-order chi connectivity index (χ0) is 25.0. The molecule has 4 rings (SSSR count). The number of carbonyl (C=O) groups is 1. The van der Waals surface area contributed by atoms with Crippen LogP contribution in [-0.4, -0.2) is 86.7 Å². The Labute approximate surface area is 195 Å². The summed E-state index contributed by atoms with van der Waals surface area (Å²) in [7, 11) is 2.12. The second kappa shape index (κ2) is 10.2. The van der Waals surface area contributed by atoms with Crippen molar-refractivity contribution in [2.75, 3.05) is 38.7 Å². The van der Waals surface area contributed by atoms with Crippen molar-refractivity contribution < 1.29 is 32.9 Å². The van der Waals surface area contributed by atoms with Gasteiger partial charge in [0.25, 0.3) is 0 Å². The highest BCUT2D eigenvalue weighted by Crippen LogP contribution is 2.43. The molecule has 1 aliphatic heterocycles. The second-order valence-electron chi connectivity index (χ2n) is 8.57. The number of aliphatic hydroxyl groups is 1. The van der Waals surface area contributed by atoms with Crippen LogP contribution >= 0.6 is 0 Å². The number of aliphatic hydroxyl groups excluding tert-OH is 1. The fourth-order valence-electron chi connectivity index (χ4n) is 4.13. The predicted molar refractivity (Wildman–Crippen MR) is 117 cm³/mol. The molecule has 2 aromatic rings. The molecule has 0 aromatic carbocycles. The predicted octanol–water partition coefficient (Wildman–Crippen LogP) is 2.51. The SMILES string of the molecule is Cc1nc(NCC2(CO)COCC3(CCC3)N2C)cc(-c2ccccn2)n1.O=C(O)C(F)(F)F. The number of nitrogens with zero attached hydrogens (tertiary/aromatic N) is 4. The number of likely N-dealkylation sites (N-methyl/N-ethyl adjacent to an activating group) is 1. The molecule has 34 heavy (non-hydrogen) atoms. The number of pyridine rings is 1. The van der Waals surface area contributed by atoms with Gasteiger partial charge in [0, 0.05) is 24.3 Å². The molecule has 1 atom stereocenters. The van der Waals surface area contributed by atoms with Crippen LogP contribution in [0, 0.1) is 6.92 Å². The van der Waals surface area contributed by atoms with Crippen molar-refractivity contribution in [2.24, 2.45) is 0 Å². The van der Waals surface area contributed by atoms with Gasteiger partial charge in [-0.3, -0.25) is 9.88 Å². The first kappa shape index (κ1) is 25.8. The number of carboxylic acids is 1. The molecule has 0 bridgehead atoms. The number of rotatable bonds is 5. The smallest absolute Gasteiger partial charge is 0.475 e. The minimum Gasteiger partial charge on any atom is -0.475 e. The topological polar surface area (TPSA) is 121 Å². The van der Waals surface area contributed by atoms with Crippen LogP contribution in [0.25, 0.3) is 11.4 Å². The molecular formula is C22H28F3N5O4. The number of nitrogens with one attached hydrogen (secondary N) is 1. The quantitative estimate of drug-likeness (QED) is 0.589. The van der Waals surface area contributed by atoms with Crippen molar-refractivity contribution in [3.05, 3.63) is 36.3 Å². The van der Waals surface area contributed by atoms with Crippen molar-refractivity contribution in [1.29, 1.82) is 0 Å². The standard InChI is InChI=1S/C20H27N5O2.C2HF3O2/c1-15-23-17(16-6-3-4-9-21-16)10-18(24-15)22-11-20(12-26)14-27-13-19(25(20)2)7-5-8-19;3-2(4,5)1(6)7/h3-4,6,9-10,26H,5,7-8,11-14H2,1-2H3,(H,22,23,24);(H,6,7). The van der Waals surface area contributed by atoms with Crippen LogP contribution in [-0.2, 0) is 9.53 Å². The van der Waals surface area contributed by atoms with Gasteiger partial charge in [-0.1, -0.05) is 6.07 Å². The van der Waals surface area contributed by atoms with E-state index < -0.39 is 17.7 Å². The first-order valence-corrected chi connectivity index (χ1v) is 10.7. The van der Waals surface area contributed by atoms with Crippen LogP contribution in [0.4, 0.5) is 19.0 Å². The summed E-state index contributed by atoms with van der Waals surface area (Å²) in [6.45, 7) is 3.72. The van der Waals surface area contributed by atoms with Gasteiger partial charge in [-0.05, 0) is 45.4 Å². The normalized spacial score (nSPS) is 21.8. The molecule has 3 N–H and O–H groups in total. The summed E-state index contributed by atoms with van der Waals surface area (Å²) in [6.07, 6.45) is 0.150. The summed E-state index contributed by atoms with van der Waals surface area (Å²) in [5.74, 6) is -1.34. The Bertz CT molecular complexity index is 988. The number of ether oxygens (including phenoxy) is 1. The summed E-state index contributed by atoms with van der Waals surface area (Å²) in [5, 5.41) is 20.8. The first-order chi connectivity index (χ1) is 16.0. The number of halogens is 3. The summed E-state index contributed by atoms with van der Waals surface area (Å²) < 4.78 is 37.7. The van der Waals surface area contributed by atoms with Crippen LogP contribution in [0.3, 0.4) is 0 Å². The van der Waals surface area contributed by atoms with Gasteiger partial charge in [0.15, 0.2) is 0 Å². The van der Waals surface area contributed by atoms with Crippen molar-refractivity contribution in [2.45, 2.75) is 43.4 Å². The van der Waals surface area contributed by atoms with Gasteiger partial charge >= 0.3 is 12.1 Å². The molecule has 1 saturated heterocycles. The molecule has 0 radical (unpaired) electrons. The van der Waals surface area contributed by atoms with Gasteiger partial charge in [-0.25, -0.2) is 14.8 Å². The fraction of sp³-hybridized carbons (Fsp3) is 0.545. The van der Waals surface area contributed by atoms with E-state index in [0.717, 1.165) is 36.7 Å². The van der Waals surface area contributed by atoms with Crippen molar-refractivity contribution in [3.8, 4) is 11.4 Å². The van der Waals surface area contributed by atoms with Crippen molar-refractivity contribution in [1.82, 2.24) is 19.9 Å². The van der Waals surface area contributed by atoms with Crippen LogP contribution in [0.1, 0.15) is 25.1 Å². The molecule has 1 spiro atoms. The van der Waals surface area contributed by atoms with Crippen molar-refractivity contribution >= 4 is 11.8 Å². The highest BCUT2D eigenvalue weighted by Gasteiger charge is 2.53. The molecule has 3 heterocycles. The third-order valence-electron chi connectivity index (χ3n) is 6.35. The molecule has 186 valence electrons. The summed E-state index contributed by atoms with van der Waals surface area (Å²) >= 11 is 0. The molecule has 1 unspecified atom stereocenters. The van der Waals surface area contributed by atoms with Crippen LogP contribution < -0.4 is 5.32 Å². The van der Waals surface area contributed by atoms with E-state index in [9.17, 15) is 18.3 Å². The lowest BCUT2D eigenvalue weighted by atomic mass is 9.72. The fourth-order valence-corrected chi connectivity index (χ4v) is 4.13. The average Bonchev–Trinajstić information content (AvgIpc) is 2.77. The number of aliphatic carboxylic acids is 1. The zero-order valence-electron chi connectivity index (χ0n) is 19.0. The number of hydrogen-bond acceptors (Lipinski definition) is 8. The Hall–Kier alpha value is -2.83. The highest BCUT2D eigenvalue weighted by molar-refractivity contribution is 5.73. The van der Waals surface area contributed by atoms with E-state index in [0.29, 0.717) is 19.0 Å².